The molecule has 47 heavy (non-hydrogen) atoms. The maximum Gasteiger partial charge on any atom is 0.314 e. The number of phenolic OH excluding ortho intramolecular Hbond substituents is 1. The molecule has 1 saturated heterocycles. The number of aromatic hydroxyl groups is 1. The number of carboxylic acids is 1. The van der Waals surface area contributed by atoms with E-state index in [1.54, 1.807) is 17.0 Å². The van der Waals surface area contributed by atoms with Gasteiger partial charge in [-0.05, 0) is 86.0 Å². The summed E-state index contributed by atoms with van der Waals surface area (Å²) in [7, 11) is 0. The summed E-state index contributed by atoms with van der Waals surface area (Å²) < 4.78 is 5.89. The second-order valence-electron chi connectivity index (χ2n) is 12.2. The molecule has 10 nitrogen and oxygen atoms in total. The number of carboxylic acid groups (broad SMARTS) is 1. The van der Waals surface area contributed by atoms with Crippen LogP contribution >= 0.6 is 0 Å². The zero-order valence-corrected chi connectivity index (χ0v) is 26.5. The summed E-state index contributed by atoms with van der Waals surface area (Å²) in [6.07, 6.45) is 3.80. The van der Waals surface area contributed by atoms with Crippen molar-refractivity contribution in [1.29, 1.82) is 0 Å². The van der Waals surface area contributed by atoms with Crippen LogP contribution in [0, 0.1) is 0 Å². The number of benzene rings is 3. The summed E-state index contributed by atoms with van der Waals surface area (Å²) in [5.74, 6) is -0.0275. The third-order valence-electron chi connectivity index (χ3n) is 9.13. The van der Waals surface area contributed by atoms with Gasteiger partial charge in [0, 0.05) is 37.5 Å². The Labute approximate surface area is 274 Å². The summed E-state index contributed by atoms with van der Waals surface area (Å²) in [5, 5.41) is 34.6. The molecule has 0 bridgehead atoms. The highest BCUT2D eigenvalue weighted by Gasteiger charge is 2.43. The number of hydrogen-bond donors (Lipinski definition) is 5. The van der Waals surface area contributed by atoms with Crippen LogP contribution in [0.3, 0.4) is 0 Å². The Morgan fingerprint density at radius 2 is 1.68 bits per heavy atom. The number of nitrogens with one attached hydrogen (secondary N) is 2. The summed E-state index contributed by atoms with van der Waals surface area (Å²) in [6.45, 7) is 2.55. The highest BCUT2D eigenvalue weighted by atomic mass is 16.5. The number of aryl methyl sites for hydroxylation is 1. The van der Waals surface area contributed by atoms with Gasteiger partial charge in [-0.25, -0.2) is 0 Å². The molecule has 10 heteroatoms. The van der Waals surface area contributed by atoms with E-state index in [0.29, 0.717) is 68.4 Å². The number of fused-ring (bicyclic) bond motifs is 1. The number of aliphatic hydroxyl groups excluding tert-OH is 1. The van der Waals surface area contributed by atoms with E-state index < -0.39 is 17.5 Å². The van der Waals surface area contributed by atoms with Crippen LogP contribution < -0.4 is 15.6 Å². The molecule has 0 unspecified atom stereocenters. The van der Waals surface area contributed by atoms with E-state index in [0.717, 1.165) is 42.7 Å². The molecule has 1 aromatic heterocycles. The lowest BCUT2D eigenvalue weighted by Crippen LogP contribution is -2.49. The third-order valence-corrected chi connectivity index (χ3v) is 9.13. The van der Waals surface area contributed by atoms with Gasteiger partial charge in [-0.15, -0.1) is 0 Å². The van der Waals surface area contributed by atoms with Gasteiger partial charge in [0.2, 0.25) is 11.5 Å². The summed E-state index contributed by atoms with van der Waals surface area (Å²) in [5.41, 5.74) is 1.56. The predicted octanol–water partition coefficient (Wildman–Crippen LogP) is 4.68. The van der Waals surface area contributed by atoms with E-state index in [4.69, 9.17) is 4.74 Å². The zero-order chi connectivity index (χ0) is 33.2. The number of piperidine rings is 1. The van der Waals surface area contributed by atoms with Crippen molar-refractivity contribution in [3.8, 4) is 11.5 Å². The topological polar surface area (TPSA) is 152 Å². The number of pyridine rings is 1. The Bertz CT molecular complexity index is 1700. The molecule has 0 radical (unpaired) electrons. The molecule has 0 spiro atoms. The largest absolute Gasteiger partial charge is 0.506 e. The number of H-pyrrole nitrogens is 1. The Hall–Kier alpha value is -4.67. The summed E-state index contributed by atoms with van der Waals surface area (Å²) >= 11 is 0. The third kappa shape index (κ3) is 8.38. The average molecular weight is 642 g/mol. The van der Waals surface area contributed by atoms with Gasteiger partial charge in [-0.1, -0.05) is 48.5 Å². The molecule has 1 amide bonds. The molecule has 1 aliphatic rings. The minimum absolute atomic E-state index is 0.0306. The van der Waals surface area contributed by atoms with Crippen LogP contribution in [0.4, 0.5) is 0 Å². The molecular formula is C37H43N3O7. The van der Waals surface area contributed by atoms with E-state index in [-0.39, 0.29) is 17.2 Å². The van der Waals surface area contributed by atoms with Gasteiger partial charge < -0.3 is 35.3 Å². The Balaban J connectivity index is 0.953. The lowest BCUT2D eigenvalue weighted by Gasteiger charge is -2.39. The molecule has 3 aromatic carbocycles. The molecular weight excluding hydrogens is 598 g/mol. The standard InChI is InChI=1S/C37H43N3O7/c41-31-16-14-29(30-15-17-33(43)39-35(30)31)32(42)25-38-21-5-2-6-24-47-28-12-9-26(10-13-28)11-18-34(44)40-22-19-37(20-23-40,36(45)46)27-7-3-1-4-8-27/h1,3-4,7-10,12-17,32,38,41-42H,2,5-6,11,18-25H2,(H,39,43)(H,45,46)/t32-/m0/s1. The summed E-state index contributed by atoms with van der Waals surface area (Å²) in [6, 6.07) is 23.3. The van der Waals surface area contributed by atoms with Crippen molar-refractivity contribution in [2.24, 2.45) is 0 Å². The first-order chi connectivity index (χ1) is 22.8. The Kier molecular flexibility index (Phi) is 11.3. The number of likely N-dealkylation sites (tertiary alicyclic amines) is 1. The lowest BCUT2D eigenvalue weighted by molar-refractivity contribution is -0.148. The van der Waals surface area contributed by atoms with Crippen molar-refractivity contribution in [3.05, 3.63) is 106 Å². The Morgan fingerprint density at radius 3 is 2.40 bits per heavy atom. The van der Waals surface area contributed by atoms with E-state index in [9.17, 15) is 29.7 Å². The van der Waals surface area contributed by atoms with Crippen LogP contribution in [0.2, 0.25) is 0 Å². The normalized spacial score (nSPS) is 15.0. The van der Waals surface area contributed by atoms with Gasteiger partial charge in [0.25, 0.3) is 0 Å². The number of unbranched alkanes of at least 4 members (excludes halogenated alkanes) is 2. The van der Waals surface area contributed by atoms with Crippen LogP contribution in [0.25, 0.3) is 10.9 Å². The van der Waals surface area contributed by atoms with Crippen molar-refractivity contribution < 1.29 is 29.6 Å². The lowest BCUT2D eigenvalue weighted by atomic mass is 9.73. The molecule has 2 heterocycles. The minimum atomic E-state index is -0.940. The number of phenols is 1. The smallest absolute Gasteiger partial charge is 0.314 e. The monoisotopic (exact) mass is 641 g/mol. The highest BCUT2D eigenvalue weighted by molar-refractivity contribution is 5.87. The van der Waals surface area contributed by atoms with Crippen LogP contribution in [-0.2, 0) is 21.4 Å². The maximum absolute atomic E-state index is 12.9. The van der Waals surface area contributed by atoms with Crippen molar-refractivity contribution in [1.82, 2.24) is 15.2 Å². The first-order valence-electron chi connectivity index (χ1n) is 16.3. The van der Waals surface area contributed by atoms with Crippen molar-refractivity contribution in [2.75, 3.05) is 32.8 Å². The number of ether oxygens (including phenoxy) is 1. The molecule has 5 N–H and O–H groups in total. The van der Waals surface area contributed by atoms with Crippen molar-refractivity contribution in [2.45, 2.75) is 56.5 Å². The number of aliphatic carboxylic acids is 1. The zero-order valence-electron chi connectivity index (χ0n) is 26.5. The molecule has 0 saturated carbocycles. The number of carbonyl (C=O) groups is 2. The molecule has 248 valence electrons. The number of amides is 1. The highest BCUT2D eigenvalue weighted by Crippen LogP contribution is 2.36. The SMILES string of the molecule is O=C(CCc1ccc(OCCCCCNC[C@H](O)c2ccc(O)c3[nH]c(=O)ccc23)cc1)N1CCC(C(=O)O)(c2ccccc2)CC1. The first-order valence-corrected chi connectivity index (χ1v) is 16.3. The van der Waals surface area contributed by atoms with Crippen molar-refractivity contribution >= 4 is 22.8 Å². The fourth-order valence-electron chi connectivity index (χ4n) is 6.30. The van der Waals surface area contributed by atoms with E-state index in [1.165, 1.54) is 12.1 Å². The number of aromatic amines is 1. The fourth-order valence-corrected chi connectivity index (χ4v) is 6.30. The molecule has 0 aliphatic carbocycles. The van der Waals surface area contributed by atoms with Gasteiger partial charge in [0.1, 0.15) is 11.5 Å². The predicted molar refractivity (Wildman–Crippen MR) is 180 cm³/mol. The molecule has 5 rings (SSSR count). The number of aliphatic hydroxyl groups is 1. The van der Waals surface area contributed by atoms with E-state index in [2.05, 4.69) is 10.3 Å². The molecule has 1 aliphatic heterocycles. The fraction of sp³-hybridized carbons (Fsp3) is 0.378. The number of rotatable bonds is 15. The minimum Gasteiger partial charge on any atom is -0.506 e. The van der Waals surface area contributed by atoms with Crippen LogP contribution in [0.15, 0.2) is 83.7 Å². The first kappa shape index (κ1) is 33.7. The second kappa shape index (κ2) is 15.8. The number of nitrogens with zero attached hydrogens (tertiary/aromatic N) is 1. The van der Waals surface area contributed by atoms with Crippen LogP contribution in [0.1, 0.15) is 61.3 Å². The van der Waals surface area contributed by atoms with Gasteiger partial charge in [-0.3, -0.25) is 14.4 Å². The van der Waals surface area contributed by atoms with Gasteiger partial charge in [0.05, 0.1) is 23.6 Å². The number of aromatic nitrogens is 1. The maximum atomic E-state index is 12.9. The van der Waals surface area contributed by atoms with Gasteiger partial charge >= 0.3 is 5.97 Å². The summed E-state index contributed by atoms with van der Waals surface area (Å²) in [4.78, 5) is 41.1. The molecule has 1 fully saturated rings. The second-order valence-corrected chi connectivity index (χ2v) is 12.2. The average Bonchev–Trinajstić information content (AvgIpc) is 3.09. The molecule has 1 atom stereocenters. The molecule has 4 aromatic rings. The van der Waals surface area contributed by atoms with Crippen molar-refractivity contribution in [3.63, 3.8) is 0 Å². The Morgan fingerprint density at radius 1 is 0.936 bits per heavy atom. The van der Waals surface area contributed by atoms with Gasteiger partial charge in [0.15, 0.2) is 0 Å². The van der Waals surface area contributed by atoms with E-state index in [1.807, 2.05) is 54.6 Å². The van der Waals surface area contributed by atoms with Gasteiger partial charge in [-0.2, -0.15) is 0 Å². The van der Waals surface area contributed by atoms with Crippen LogP contribution in [0.5, 0.6) is 11.5 Å². The van der Waals surface area contributed by atoms with E-state index >= 15 is 0 Å². The van der Waals surface area contributed by atoms with Crippen LogP contribution in [-0.4, -0.2) is 69.9 Å². The number of hydrogen-bond acceptors (Lipinski definition) is 7. The quantitative estimate of drug-likeness (QED) is 0.117. The number of carbonyl (C=O) groups excluding carboxylic acids is 1.